The van der Waals surface area contributed by atoms with Gasteiger partial charge in [-0.2, -0.15) is 0 Å². The van der Waals surface area contributed by atoms with E-state index in [1.54, 1.807) is 11.2 Å². The quantitative estimate of drug-likeness (QED) is 0.686. The average Bonchev–Trinajstić information content (AvgIpc) is 2.32. The molecule has 1 aliphatic rings. The lowest BCUT2D eigenvalue weighted by atomic mass is 10.3. The molecule has 1 heterocycles. The molecule has 1 fully saturated rings. The Morgan fingerprint density at radius 2 is 2.20 bits per heavy atom. The maximum absolute atomic E-state index is 11.5. The summed E-state index contributed by atoms with van der Waals surface area (Å²) in [6.45, 7) is 2.77. The first kappa shape index (κ1) is 12.2. The predicted octanol–water partition coefficient (Wildman–Crippen LogP) is -0.898. The number of hydrogen-bond acceptors (Lipinski definition) is 3. The molecule has 1 saturated heterocycles. The minimum Gasteiger partial charge on any atom is -0.347 e. The Morgan fingerprint density at radius 1 is 1.53 bits per heavy atom. The van der Waals surface area contributed by atoms with E-state index in [2.05, 4.69) is 5.32 Å². The topological polar surface area (TPSA) is 66.5 Å². The summed E-state index contributed by atoms with van der Waals surface area (Å²) in [5.74, 6) is -0.200. The second-order valence-corrected chi connectivity index (χ2v) is 5.48. The van der Waals surface area contributed by atoms with Gasteiger partial charge in [0.1, 0.15) is 0 Å². The number of nitrogens with one attached hydrogen (secondary N) is 1. The molecule has 2 atom stereocenters. The van der Waals surface area contributed by atoms with Crippen LogP contribution in [0.1, 0.15) is 13.3 Å². The molecule has 1 aliphatic heterocycles. The van der Waals surface area contributed by atoms with Crippen LogP contribution in [0.4, 0.5) is 0 Å². The van der Waals surface area contributed by atoms with Crippen LogP contribution in [-0.4, -0.2) is 52.1 Å². The average molecular weight is 232 g/mol. The van der Waals surface area contributed by atoms with Gasteiger partial charge in [0.05, 0.1) is 6.54 Å². The maximum Gasteiger partial charge on any atom is 0.242 e. The lowest BCUT2D eigenvalue weighted by Crippen LogP contribution is -2.40. The van der Waals surface area contributed by atoms with Gasteiger partial charge < -0.3 is 10.2 Å². The fraction of sp³-hybridized carbons (Fsp3) is 0.778. The molecular formula is C9H16N2O3S. The molecule has 6 heteroatoms. The number of rotatable bonds is 3. The molecule has 0 aromatic rings. The van der Waals surface area contributed by atoms with Crippen molar-refractivity contribution in [3.63, 3.8) is 0 Å². The zero-order chi connectivity index (χ0) is 11.4. The molecule has 0 saturated carbocycles. The molecule has 2 amide bonds. The fourth-order valence-corrected chi connectivity index (χ4v) is 1.73. The molecule has 0 aromatic carbocycles. The summed E-state index contributed by atoms with van der Waals surface area (Å²) in [5.41, 5.74) is 0. The van der Waals surface area contributed by atoms with Crippen LogP contribution >= 0.6 is 0 Å². The van der Waals surface area contributed by atoms with Crippen LogP contribution in [0.2, 0.25) is 0 Å². The molecular weight excluding hydrogens is 216 g/mol. The van der Waals surface area contributed by atoms with E-state index in [0.717, 1.165) is 0 Å². The maximum atomic E-state index is 11.5. The highest BCUT2D eigenvalue weighted by atomic mass is 32.2. The largest absolute Gasteiger partial charge is 0.347 e. The molecule has 0 aromatic heterocycles. The van der Waals surface area contributed by atoms with E-state index in [4.69, 9.17) is 0 Å². The van der Waals surface area contributed by atoms with Crippen LogP contribution in [0.3, 0.4) is 0 Å². The third-order valence-corrected chi connectivity index (χ3v) is 3.72. The van der Waals surface area contributed by atoms with Gasteiger partial charge in [0.2, 0.25) is 11.8 Å². The third-order valence-electron chi connectivity index (χ3n) is 2.44. The molecule has 1 N–H and O–H groups in total. The number of hydrogen-bond donors (Lipinski definition) is 1. The van der Waals surface area contributed by atoms with Gasteiger partial charge in [-0.3, -0.25) is 13.8 Å². The van der Waals surface area contributed by atoms with Gasteiger partial charge in [-0.15, -0.1) is 0 Å². The monoisotopic (exact) mass is 232 g/mol. The summed E-state index contributed by atoms with van der Waals surface area (Å²) in [5, 5.41) is 2.47. The van der Waals surface area contributed by atoms with Crippen molar-refractivity contribution in [1.29, 1.82) is 0 Å². The Hall–Kier alpha value is -0.910. The van der Waals surface area contributed by atoms with Gasteiger partial charge in [-0.25, -0.2) is 0 Å². The SMILES string of the molecule is CC(CN1CCC(=O)NCC1=O)S(C)=O. The Bertz CT molecular complexity index is 293. The van der Waals surface area contributed by atoms with Crippen LogP contribution in [0.25, 0.3) is 0 Å². The van der Waals surface area contributed by atoms with Crippen molar-refractivity contribution in [2.45, 2.75) is 18.6 Å². The van der Waals surface area contributed by atoms with E-state index in [1.807, 2.05) is 6.92 Å². The zero-order valence-electron chi connectivity index (χ0n) is 8.99. The molecule has 0 aliphatic carbocycles. The van der Waals surface area contributed by atoms with Crippen molar-refractivity contribution in [2.75, 3.05) is 25.9 Å². The van der Waals surface area contributed by atoms with Crippen LogP contribution in [0, 0.1) is 0 Å². The van der Waals surface area contributed by atoms with Crippen LogP contribution in [0.5, 0.6) is 0 Å². The van der Waals surface area contributed by atoms with Gasteiger partial charge in [-0.1, -0.05) is 0 Å². The van der Waals surface area contributed by atoms with Crippen molar-refractivity contribution in [1.82, 2.24) is 10.2 Å². The molecule has 86 valence electrons. The Labute approximate surface area is 91.7 Å². The van der Waals surface area contributed by atoms with Crippen LogP contribution in [-0.2, 0) is 20.4 Å². The molecule has 1 rings (SSSR count). The minimum absolute atomic E-state index is 0.0536. The van der Waals surface area contributed by atoms with E-state index >= 15 is 0 Å². The van der Waals surface area contributed by atoms with E-state index in [9.17, 15) is 13.8 Å². The van der Waals surface area contributed by atoms with E-state index in [1.165, 1.54) is 0 Å². The van der Waals surface area contributed by atoms with Gasteiger partial charge in [0.15, 0.2) is 0 Å². The lowest BCUT2D eigenvalue weighted by molar-refractivity contribution is -0.130. The highest BCUT2D eigenvalue weighted by molar-refractivity contribution is 7.84. The molecule has 5 nitrogen and oxygen atoms in total. The summed E-state index contributed by atoms with van der Waals surface area (Å²) in [6, 6.07) is 0. The predicted molar refractivity (Wildman–Crippen MR) is 57.7 cm³/mol. The fourth-order valence-electron chi connectivity index (χ4n) is 1.34. The van der Waals surface area contributed by atoms with Gasteiger partial charge in [0, 0.05) is 41.8 Å². The van der Waals surface area contributed by atoms with Crippen LogP contribution < -0.4 is 5.32 Å². The van der Waals surface area contributed by atoms with Crippen molar-refractivity contribution in [3.8, 4) is 0 Å². The molecule has 2 unspecified atom stereocenters. The first-order chi connectivity index (χ1) is 7.00. The number of carbonyl (C=O) groups is 2. The summed E-state index contributed by atoms with van der Waals surface area (Å²) < 4.78 is 11.2. The Kier molecular flexibility index (Phi) is 4.26. The Morgan fingerprint density at radius 3 is 2.80 bits per heavy atom. The summed E-state index contributed by atoms with van der Waals surface area (Å²) in [7, 11) is -0.941. The summed E-state index contributed by atoms with van der Waals surface area (Å²) in [6.07, 6.45) is 1.95. The smallest absolute Gasteiger partial charge is 0.242 e. The Balaban J connectivity index is 2.56. The second kappa shape index (κ2) is 5.25. The third kappa shape index (κ3) is 3.62. The van der Waals surface area contributed by atoms with Gasteiger partial charge in [0.25, 0.3) is 0 Å². The second-order valence-electron chi connectivity index (χ2n) is 3.68. The van der Waals surface area contributed by atoms with Gasteiger partial charge >= 0.3 is 0 Å². The number of amides is 2. The standard InChI is InChI=1S/C9H16N2O3S/c1-7(15(2)14)6-11-4-3-8(12)10-5-9(11)13/h7H,3-6H2,1-2H3,(H,10,12). The van der Waals surface area contributed by atoms with E-state index < -0.39 is 10.8 Å². The highest BCUT2D eigenvalue weighted by Crippen LogP contribution is 2.02. The molecule has 0 spiro atoms. The lowest BCUT2D eigenvalue weighted by Gasteiger charge is -2.22. The summed E-state index contributed by atoms with van der Waals surface area (Å²) in [4.78, 5) is 24.2. The van der Waals surface area contributed by atoms with E-state index in [-0.39, 0.29) is 23.6 Å². The van der Waals surface area contributed by atoms with E-state index in [0.29, 0.717) is 19.5 Å². The van der Waals surface area contributed by atoms with Gasteiger partial charge in [-0.05, 0) is 6.92 Å². The van der Waals surface area contributed by atoms with Crippen molar-refractivity contribution in [2.24, 2.45) is 0 Å². The number of carbonyl (C=O) groups excluding carboxylic acids is 2. The molecule has 15 heavy (non-hydrogen) atoms. The zero-order valence-corrected chi connectivity index (χ0v) is 9.80. The van der Waals surface area contributed by atoms with Crippen molar-refractivity contribution in [3.05, 3.63) is 0 Å². The first-order valence-corrected chi connectivity index (χ1v) is 6.49. The molecule has 0 radical (unpaired) electrons. The van der Waals surface area contributed by atoms with Crippen LogP contribution in [0.15, 0.2) is 0 Å². The normalized spacial score (nSPS) is 21.9. The summed E-state index contributed by atoms with van der Waals surface area (Å²) >= 11 is 0. The number of nitrogens with zero attached hydrogens (tertiary/aromatic N) is 1. The minimum atomic E-state index is -0.941. The van der Waals surface area contributed by atoms with Crippen molar-refractivity contribution >= 4 is 22.6 Å². The molecule has 0 bridgehead atoms. The van der Waals surface area contributed by atoms with Crippen molar-refractivity contribution < 1.29 is 13.8 Å². The highest BCUT2D eigenvalue weighted by Gasteiger charge is 2.22. The first-order valence-electron chi connectivity index (χ1n) is 4.87.